The Kier molecular flexibility index (Phi) is 3.76. The van der Waals surface area contributed by atoms with Crippen LogP contribution in [0.3, 0.4) is 0 Å². The molecule has 0 saturated carbocycles. The van der Waals surface area contributed by atoms with Crippen molar-refractivity contribution in [2.24, 2.45) is 0 Å². The van der Waals surface area contributed by atoms with E-state index in [4.69, 9.17) is 0 Å². The molecule has 0 N–H and O–H groups in total. The van der Waals surface area contributed by atoms with E-state index >= 15 is 0 Å². The lowest BCUT2D eigenvalue weighted by molar-refractivity contribution is 0.0986. The van der Waals surface area contributed by atoms with E-state index < -0.39 is 0 Å². The molecule has 2 heterocycles. The highest BCUT2D eigenvalue weighted by molar-refractivity contribution is 7.18. The van der Waals surface area contributed by atoms with E-state index in [1.54, 1.807) is 17.5 Å². The molecule has 0 bridgehead atoms. The number of ketones is 1. The molecule has 0 aliphatic heterocycles. The molecule has 0 aromatic carbocycles. The Balaban J connectivity index is 2.74. The fraction of sp³-hybridized carbons (Fsp3) is 0.500. The molecule has 1 atom stereocenters. The van der Waals surface area contributed by atoms with E-state index in [-0.39, 0.29) is 5.78 Å². The predicted octanol–water partition coefficient (Wildman–Crippen LogP) is 4.11. The van der Waals surface area contributed by atoms with Crippen molar-refractivity contribution in [2.75, 3.05) is 0 Å². The van der Waals surface area contributed by atoms with Crippen LogP contribution in [-0.4, -0.2) is 15.8 Å². The average Bonchev–Trinajstić information content (AvgIpc) is 2.75. The number of Topliss-reactive ketones (excluding diaryl/α,β-unsaturated/α-hetero) is 1. The van der Waals surface area contributed by atoms with Gasteiger partial charge >= 0.3 is 0 Å². The normalized spacial score (nSPS) is 12.9. The summed E-state index contributed by atoms with van der Waals surface area (Å²) >= 11 is 1.59. The number of hydrogen-bond donors (Lipinski definition) is 0. The second kappa shape index (κ2) is 5.14. The number of thiazole rings is 1. The molecular weight excluding hydrogens is 244 g/mol. The Morgan fingerprint density at radius 1 is 1.44 bits per heavy atom. The Morgan fingerprint density at radius 2 is 2.17 bits per heavy atom. The third kappa shape index (κ3) is 2.17. The SMILES string of the molecule is CCC(=O)c1cnc2sc(C)nc2c1C(C)CC. The van der Waals surface area contributed by atoms with Gasteiger partial charge in [-0.15, -0.1) is 0 Å². The van der Waals surface area contributed by atoms with Crippen LogP contribution >= 0.6 is 11.3 Å². The van der Waals surface area contributed by atoms with Crippen molar-refractivity contribution in [1.82, 2.24) is 9.97 Å². The molecule has 0 aliphatic carbocycles. The van der Waals surface area contributed by atoms with Crippen molar-refractivity contribution < 1.29 is 4.79 Å². The molecule has 0 spiro atoms. The van der Waals surface area contributed by atoms with E-state index in [1.165, 1.54) is 0 Å². The minimum absolute atomic E-state index is 0.158. The van der Waals surface area contributed by atoms with Gasteiger partial charge in [0.2, 0.25) is 0 Å². The van der Waals surface area contributed by atoms with Crippen molar-refractivity contribution in [3.8, 4) is 0 Å². The van der Waals surface area contributed by atoms with Gasteiger partial charge in [0.1, 0.15) is 10.3 Å². The highest BCUT2D eigenvalue weighted by Gasteiger charge is 2.20. The van der Waals surface area contributed by atoms with Crippen LogP contribution < -0.4 is 0 Å². The van der Waals surface area contributed by atoms with Crippen LogP contribution in [0.5, 0.6) is 0 Å². The summed E-state index contributed by atoms with van der Waals surface area (Å²) < 4.78 is 0. The van der Waals surface area contributed by atoms with E-state index in [1.807, 2.05) is 13.8 Å². The lowest BCUT2D eigenvalue weighted by Crippen LogP contribution is -2.07. The largest absolute Gasteiger partial charge is 0.294 e. The number of carbonyl (C=O) groups excluding carboxylic acids is 1. The van der Waals surface area contributed by atoms with Gasteiger partial charge in [-0.05, 0) is 24.8 Å². The fourth-order valence-corrected chi connectivity index (χ4v) is 2.89. The second-order valence-electron chi connectivity index (χ2n) is 4.56. The number of nitrogens with zero attached hydrogens (tertiary/aromatic N) is 2. The van der Waals surface area contributed by atoms with Gasteiger partial charge in [0.25, 0.3) is 0 Å². The number of aromatic nitrogens is 2. The zero-order valence-electron chi connectivity index (χ0n) is 11.3. The van der Waals surface area contributed by atoms with Crippen LogP contribution in [0.1, 0.15) is 60.5 Å². The maximum absolute atomic E-state index is 12.0. The molecule has 2 rings (SSSR count). The predicted molar refractivity (Wildman–Crippen MR) is 75.5 cm³/mol. The van der Waals surface area contributed by atoms with Crippen LogP contribution in [-0.2, 0) is 0 Å². The third-order valence-corrected chi connectivity index (χ3v) is 4.18. The number of hydrogen-bond acceptors (Lipinski definition) is 4. The molecule has 0 saturated heterocycles. The topological polar surface area (TPSA) is 42.9 Å². The lowest BCUT2D eigenvalue weighted by Gasteiger charge is -2.14. The molecule has 0 radical (unpaired) electrons. The Morgan fingerprint density at radius 3 is 2.78 bits per heavy atom. The number of fused-ring (bicyclic) bond motifs is 1. The molecule has 1 unspecified atom stereocenters. The summed E-state index contributed by atoms with van der Waals surface area (Å²) in [6.45, 7) is 8.15. The molecule has 0 amide bonds. The number of aryl methyl sites for hydroxylation is 1. The molecular formula is C14H18N2OS. The van der Waals surface area contributed by atoms with Gasteiger partial charge in [-0.25, -0.2) is 9.97 Å². The number of pyridine rings is 1. The Hall–Kier alpha value is -1.29. The smallest absolute Gasteiger partial charge is 0.164 e. The molecule has 0 aliphatic rings. The maximum atomic E-state index is 12.0. The summed E-state index contributed by atoms with van der Waals surface area (Å²) in [4.78, 5) is 21.9. The summed E-state index contributed by atoms with van der Waals surface area (Å²) in [5.74, 6) is 0.493. The summed E-state index contributed by atoms with van der Waals surface area (Å²) in [6, 6.07) is 0. The van der Waals surface area contributed by atoms with Crippen molar-refractivity contribution >= 4 is 27.5 Å². The highest BCUT2D eigenvalue weighted by Crippen LogP contribution is 2.32. The van der Waals surface area contributed by atoms with E-state index in [0.29, 0.717) is 12.3 Å². The second-order valence-corrected chi connectivity index (χ2v) is 5.74. The van der Waals surface area contributed by atoms with Crippen LogP contribution in [0.2, 0.25) is 0 Å². The van der Waals surface area contributed by atoms with Crippen LogP contribution in [0.4, 0.5) is 0 Å². The lowest BCUT2D eigenvalue weighted by atomic mass is 9.92. The standard InChI is InChI=1S/C14H18N2OS/c1-5-8(3)12-10(11(17)6-2)7-15-14-13(12)16-9(4)18-14/h7-8H,5-6H2,1-4H3. The number of rotatable bonds is 4. The molecule has 18 heavy (non-hydrogen) atoms. The van der Waals surface area contributed by atoms with E-state index in [9.17, 15) is 4.79 Å². The number of carbonyl (C=O) groups is 1. The first-order valence-electron chi connectivity index (χ1n) is 6.37. The molecule has 2 aromatic rings. The van der Waals surface area contributed by atoms with Gasteiger partial charge in [0.15, 0.2) is 5.78 Å². The summed E-state index contributed by atoms with van der Waals surface area (Å²) in [7, 11) is 0. The molecule has 96 valence electrons. The first kappa shape index (κ1) is 13.1. The van der Waals surface area contributed by atoms with Crippen molar-refractivity contribution in [3.63, 3.8) is 0 Å². The average molecular weight is 262 g/mol. The quantitative estimate of drug-likeness (QED) is 0.779. The summed E-state index contributed by atoms with van der Waals surface area (Å²) in [6.07, 6.45) is 3.24. The third-order valence-electron chi connectivity index (χ3n) is 3.30. The van der Waals surface area contributed by atoms with Gasteiger partial charge < -0.3 is 0 Å². The van der Waals surface area contributed by atoms with Crippen LogP contribution in [0.25, 0.3) is 10.3 Å². The van der Waals surface area contributed by atoms with Crippen molar-refractivity contribution in [2.45, 2.75) is 46.5 Å². The Bertz CT molecular complexity index is 589. The van der Waals surface area contributed by atoms with Crippen molar-refractivity contribution in [3.05, 3.63) is 22.3 Å². The molecule has 3 nitrogen and oxygen atoms in total. The van der Waals surface area contributed by atoms with Crippen LogP contribution in [0.15, 0.2) is 6.20 Å². The fourth-order valence-electron chi connectivity index (χ4n) is 2.12. The maximum Gasteiger partial charge on any atom is 0.164 e. The van der Waals surface area contributed by atoms with Crippen molar-refractivity contribution in [1.29, 1.82) is 0 Å². The molecule has 0 fully saturated rings. The summed E-state index contributed by atoms with van der Waals surface area (Å²) in [5, 5.41) is 1.00. The minimum Gasteiger partial charge on any atom is -0.294 e. The van der Waals surface area contributed by atoms with Crippen LogP contribution in [0, 0.1) is 6.92 Å². The van der Waals surface area contributed by atoms with Gasteiger partial charge in [-0.1, -0.05) is 32.1 Å². The summed E-state index contributed by atoms with van der Waals surface area (Å²) in [5.41, 5.74) is 2.76. The van der Waals surface area contributed by atoms with Gasteiger partial charge in [-0.2, -0.15) is 0 Å². The Labute approximate surface area is 111 Å². The first-order valence-corrected chi connectivity index (χ1v) is 7.19. The molecule has 2 aromatic heterocycles. The zero-order valence-corrected chi connectivity index (χ0v) is 12.1. The molecule has 4 heteroatoms. The minimum atomic E-state index is 0.158. The highest BCUT2D eigenvalue weighted by atomic mass is 32.1. The van der Waals surface area contributed by atoms with Gasteiger partial charge in [0.05, 0.1) is 5.01 Å². The van der Waals surface area contributed by atoms with E-state index in [0.717, 1.165) is 32.9 Å². The first-order chi connectivity index (χ1) is 8.58. The zero-order chi connectivity index (χ0) is 13.3. The van der Waals surface area contributed by atoms with E-state index in [2.05, 4.69) is 23.8 Å². The van der Waals surface area contributed by atoms with Gasteiger partial charge in [0, 0.05) is 18.2 Å². The van der Waals surface area contributed by atoms with Gasteiger partial charge in [-0.3, -0.25) is 4.79 Å². The monoisotopic (exact) mass is 262 g/mol.